The predicted octanol–water partition coefficient (Wildman–Crippen LogP) is 3.82. The maximum atomic E-state index is 9.81. The summed E-state index contributed by atoms with van der Waals surface area (Å²) in [5.74, 6) is 1.15. The van der Waals surface area contributed by atoms with Gasteiger partial charge >= 0.3 is 0 Å². The van der Waals surface area contributed by atoms with Crippen LogP contribution in [0.2, 0.25) is 0 Å². The molecule has 1 aromatic carbocycles. The zero-order valence-corrected chi connectivity index (χ0v) is 9.46. The van der Waals surface area contributed by atoms with Gasteiger partial charge in [0.25, 0.3) is 0 Å². The van der Waals surface area contributed by atoms with E-state index in [4.69, 9.17) is 0 Å². The van der Waals surface area contributed by atoms with Gasteiger partial charge in [0.05, 0.1) is 0 Å². The van der Waals surface area contributed by atoms with Crippen molar-refractivity contribution in [3.05, 3.63) is 35.7 Å². The molecule has 1 radical (unpaired) electrons. The Morgan fingerprint density at radius 1 is 1.00 bits per heavy atom. The van der Waals surface area contributed by atoms with E-state index < -0.39 is 0 Å². The molecule has 0 amide bonds. The predicted molar refractivity (Wildman–Crippen MR) is 60.7 cm³/mol. The molecule has 0 saturated carbocycles. The fourth-order valence-electron chi connectivity index (χ4n) is 1.96. The van der Waals surface area contributed by atoms with Crippen LogP contribution >= 0.6 is 0 Å². The summed E-state index contributed by atoms with van der Waals surface area (Å²) in [6.07, 6.45) is 0. The summed E-state index contributed by atoms with van der Waals surface area (Å²) < 4.78 is 0. The first-order valence-corrected chi connectivity index (χ1v) is 5.12. The van der Waals surface area contributed by atoms with Crippen molar-refractivity contribution >= 4 is 0 Å². The summed E-state index contributed by atoms with van der Waals surface area (Å²) in [6.45, 7) is 12.5. The Hall–Kier alpha value is -0.980. The van der Waals surface area contributed by atoms with Crippen molar-refractivity contribution in [1.82, 2.24) is 0 Å². The second-order valence-electron chi connectivity index (χ2n) is 4.38. The van der Waals surface area contributed by atoms with Crippen molar-refractivity contribution in [1.29, 1.82) is 0 Å². The third-order valence-corrected chi connectivity index (χ3v) is 2.51. The Labute approximate surface area is 86.8 Å². The van der Waals surface area contributed by atoms with Gasteiger partial charge in [-0.05, 0) is 36.0 Å². The van der Waals surface area contributed by atoms with Crippen molar-refractivity contribution in [2.24, 2.45) is 0 Å². The fourth-order valence-corrected chi connectivity index (χ4v) is 1.96. The zero-order valence-electron chi connectivity index (χ0n) is 9.46. The molecule has 1 heteroatoms. The van der Waals surface area contributed by atoms with Crippen LogP contribution in [-0.4, -0.2) is 5.11 Å². The lowest BCUT2D eigenvalue weighted by Crippen LogP contribution is -2.01. The maximum absolute atomic E-state index is 9.81. The summed E-state index contributed by atoms with van der Waals surface area (Å²) in [6, 6.07) is 3.63. The molecule has 0 fully saturated rings. The monoisotopic (exact) mass is 191 g/mol. The third kappa shape index (κ3) is 1.92. The first-order valence-electron chi connectivity index (χ1n) is 5.12. The van der Waals surface area contributed by atoms with Gasteiger partial charge in [-0.3, -0.25) is 0 Å². The van der Waals surface area contributed by atoms with Gasteiger partial charge in [-0.1, -0.05) is 33.8 Å². The van der Waals surface area contributed by atoms with E-state index in [1.54, 1.807) is 6.07 Å². The van der Waals surface area contributed by atoms with Crippen LogP contribution in [0.1, 0.15) is 56.2 Å². The van der Waals surface area contributed by atoms with Crippen LogP contribution in [0.25, 0.3) is 0 Å². The van der Waals surface area contributed by atoms with Crippen molar-refractivity contribution in [2.45, 2.75) is 39.5 Å². The minimum Gasteiger partial charge on any atom is -0.508 e. The Morgan fingerprint density at radius 3 is 1.86 bits per heavy atom. The second-order valence-corrected chi connectivity index (χ2v) is 4.38. The van der Waals surface area contributed by atoms with Crippen molar-refractivity contribution < 1.29 is 5.11 Å². The normalized spacial score (nSPS) is 11.4. The standard InChI is InChI=1S/C13H19O/c1-8(2)12-10(5)6-7-11(14)13(12)9(3)4/h6-9,14H,5H2,1-4H3. The molecule has 1 nitrogen and oxygen atoms in total. The first kappa shape index (κ1) is 11.1. The minimum absolute atomic E-state index is 0.342. The van der Waals surface area contributed by atoms with Crippen molar-refractivity contribution in [3.63, 3.8) is 0 Å². The number of hydrogen-bond donors (Lipinski definition) is 1. The number of benzene rings is 1. The van der Waals surface area contributed by atoms with Gasteiger partial charge in [-0.25, -0.2) is 0 Å². The van der Waals surface area contributed by atoms with Gasteiger partial charge in [0.15, 0.2) is 0 Å². The average molecular weight is 191 g/mol. The quantitative estimate of drug-likeness (QED) is 0.753. The molecule has 0 aliphatic heterocycles. The molecule has 0 saturated heterocycles. The maximum Gasteiger partial charge on any atom is 0.119 e. The molecule has 14 heavy (non-hydrogen) atoms. The van der Waals surface area contributed by atoms with Crippen LogP contribution in [0.15, 0.2) is 12.1 Å². The van der Waals surface area contributed by atoms with Gasteiger partial charge in [0.2, 0.25) is 0 Å². The number of hydrogen-bond acceptors (Lipinski definition) is 1. The van der Waals surface area contributed by atoms with Gasteiger partial charge in [-0.15, -0.1) is 0 Å². The lowest BCUT2D eigenvalue weighted by atomic mass is 9.87. The molecule has 77 valence electrons. The van der Waals surface area contributed by atoms with E-state index in [9.17, 15) is 5.11 Å². The third-order valence-electron chi connectivity index (χ3n) is 2.51. The van der Waals surface area contributed by atoms with E-state index in [1.165, 1.54) is 5.56 Å². The number of phenols is 1. The summed E-state index contributed by atoms with van der Waals surface area (Å²) >= 11 is 0. The molecule has 0 atom stereocenters. The van der Waals surface area contributed by atoms with E-state index in [0.717, 1.165) is 11.1 Å². The van der Waals surface area contributed by atoms with E-state index in [1.807, 2.05) is 6.07 Å². The van der Waals surface area contributed by atoms with Crippen LogP contribution in [0.4, 0.5) is 0 Å². The summed E-state index contributed by atoms with van der Waals surface area (Å²) in [5.41, 5.74) is 3.27. The Balaban J connectivity index is 3.42. The van der Waals surface area contributed by atoms with Gasteiger partial charge in [0, 0.05) is 5.56 Å². The molecule has 0 spiro atoms. The lowest BCUT2D eigenvalue weighted by Gasteiger charge is -2.19. The Kier molecular flexibility index (Phi) is 3.20. The van der Waals surface area contributed by atoms with Crippen LogP contribution in [0, 0.1) is 6.92 Å². The number of aromatic hydroxyl groups is 1. The van der Waals surface area contributed by atoms with E-state index in [0.29, 0.717) is 17.6 Å². The average Bonchev–Trinajstić information content (AvgIpc) is 2.07. The first-order chi connectivity index (χ1) is 6.45. The van der Waals surface area contributed by atoms with Gasteiger partial charge in [-0.2, -0.15) is 0 Å². The number of phenolic OH excluding ortho intramolecular Hbond substituents is 1. The summed E-state index contributed by atoms with van der Waals surface area (Å²) in [5, 5.41) is 9.81. The number of rotatable bonds is 2. The highest BCUT2D eigenvalue weighted by Gasteiger charge is 2.16. The fraction of sp³-hybridized carbons (Fsp3) is 0.462. The van der Waals surface area contributed by atoms with E-state index in [-0.39, 0.29) is 0 Å². The molecule has 1 rings (SSSR count). The van der Waals surface area contributed by atoms with Crippen LogP contribution in [0.5, 0.6) is 5.75 Å². The largest absolute Gasteiger partial charge is 0.508 e. The van der Waals surface area contributed by atoms with Gasteiger partial charge < -0.3 is 5.11 Å². The summed E-state index contributed by atoms with van der Waals surface area (Å²) in [7, 11) is 0. The van der Waals surface area contributed by atoms with Gasteiger partial charge in [0.1, 0.15) is 5.75 Å². The molecule has 0 heterocycles. The molecule has 0 aliphatic rings. The highest BCUT2D eigenvalue weighted by Crippen LogP contribution is 2.35. The molecular weight excluding hydrogens is 172 g/mol. The van der Waals surface area contributed by atoms with Crippen LogP contribution < -0.4 is 0 Å². The molecule has 0 unspecified atom stereocenters. The Bertz CT molecular complexity index is 291. The molecule has 0 aliphatic carbocycles. The molecule has 0 bridgehead atoms. The molecular formula is C13H19O. The van der Waals surface area contributed by atoms with Crippen LogP contribution in [0.3, 0.4) is 0 Å². The van der Waals surface area contributed by atoms with E-state index in [2.05, 4.69) is 34.6 Å². The molecule has 0 aromatic heterocycles. The SMILES string of the molecule is [CH2]c1ccc(O)c(C(C)C)c1C(C)C. The highest BCUT2D eigenvalue weighted by molar-refractivity contribution is 5.48. The second kappa shape index (κ2) is 4.04. The summed E-state index contributed by atoms with van der Waals surface area (Å²) in [4.78, 5) is 0. The molecule has 1 N–H and O–H groups in total. The zero-order chi connectivity index (χ0) is 10.9. The Morgan fingerprint density at radius 2 is 1.50 bits per heavy atom. The van der Waals surface area contributed by atoms with Crippen molar-refractivity contribution in [3.8, 4) is 5.75 Å². The highest BCUT2D eigenvalue weighted by atomic mass is 16.3. The smallest absolute Gasteiger partial charge is 0.119 e. The minimum atomic E-state index is 0.342. The lowest BCUT2D eigenvalue weighted by molar-refractivity contribution is 0.462. The topological polar surface area (TPSA) is 20.2 Å². The molecule has 1 aromatic rings. The van der Waals surface area contributed by atoms with Crippen LogP contribution in [-0.2, 0) is 0 Å². The van der Waals surface area contributed by atoms with Crippen molar-refractivity contribution in [2.75, 3.05) is 0 Å². The van der Waals surface area contributed by atoms with E-state index >= 15 is 0 Å².